The quantitative estimate of drug-likeness (QED) is 0.184. The average molecular weight is 575 g/mol. The van der Waals surface area contributed by atoms with E-state index in [1.807, 2.05) is 56.3 Å². The highest BCUT2D eigenvalue weighted by Gasteiger charge is 2.34. The summed E-state index contributed by atoms with van der Waals surface area (Å²) >= 11 is 6.22. The molecule has 0 bridgehead atoms. The van der Waals surface area contributed by atoms with Crippen molar-refractivity contribution >= 4 is 17.5 Å². The zero-order valence-corrected chi connectivity index (χ0v) is 24.1. The molecule has 8 heteroatoms. The second kappa shape index (κ2) is 15.1. The van der Waals surface area contributed by atoms with Crippen molar-refractivity contribution in [1.29, 1.82) is 0 Å². The van der Waals surface area contributed by atoms with Crippen molar-refractivity contribution in [3.8, 4) is 5.75 Å². The van der Waals surface area contributed by atoms with Gasteiger partial charge in [0.15, 0.2) is 0 Å². The van der Waals surface area contributed by atoms with E-state index in [4.69, 9.17) is 16.3 Å². The van der Waals surface area contributed by atoms with Crippen molar-refractivity contribution in [3.63, 3.8) is 0 Å². The van der Waals surface area contributed by atoms with Crippen LogP contribution >= 0.6 is 11.6 Å². The van der Waals surface area contributed by atoms with Crippen molar-refractivity contribution < 1.29 is 22.7 Å². The fourth-order valence-corrected chi connectivity index (χ4v) is 5.05. The molecule has 40 heavy (non-hydrogen) atoms. The normalized spacial score (nSPS) is 12.4. The van der Waals surface area contributed by atoms with Gasteiger partial charge in [-0.3, -0.25) is 9.69 Å². The van der Waals surface area contributed by atoms with Gasteiger partial charge in [0, 0.05) is 32.7 Å². The summed E-state index contributed by atoms with van der Waals surface area (Å²) in [6, 6.07) is 21.7. The summed E-state index contributed by atoms with van der Waals surface area (Å²) < 4.78 is 46.3. The van der Waals surface area contributed by atoms with E-state index in [0.29, 0.717) is 63.5 Å². The first kappa shape index (κ1) is 31.5. The molecule has 3 aromatic rings. The van der Waals surface area contributed by atoms with E-state index in [2.05, 4.69) is 24.0 Å². The number of halogens is 4. The third-order valence-corrected chi connectivity index (χ3v) is 7.38. The zero-order valence-electron chi connectivity index (χ0n) is 23.4. The first-order valence-corrected chi connectivity index (χ1v) is 14.1. The topological polar surface area (TPSA) is 32.8 Å². The second-order valence-corrected chi connectivity index (χ2v) is 10.3. The van der Waals surface area contributed by atoms with Gasteiger partial charge in [-0.25, -0.2) is 0 Å². The minimum Gasteiger partial charge on any atom is -0.494 e. The SMILES string of the molecule is CCN(CC)C(=O)Cc1cccc(OCCCN(Cc2cccc(C(F)(F)F)c2Cl)C[C@H](C)c2ccccc2)c1. The lowest BCUT2D eigenvalue weighted by Crippen LogP contribution is -2.31. The van der Waals surface area contributed by atoms with Crippen molar-refractivity contribution in [2.45, 2.75) is 52.3 Å². The number of alkyl halides is 3. The smallest absolute Gasteiger partial charge is 0.417 e. The van der Waals surface area contributed by atoms with Crippen LogP contribution in [0.5, 0.6) is 5.75 Å². The molecule has 0 N–H and O–H groups in total. The highest BCUT2D eigenvalue weighted by atomic mass is 35.5. The molecule has 0 aliphatic rings. The van der Waals surface area contributed by atoms with Crippen molar-refractivity contribution in [2.75, 3.05) is 32.8 Å². The van der Waals surface area contributed by atoms with Crippen molar-refractivity contribution in [3.05, 3.63) is 100 Å². The molecule has 0 saturated heterocycles. The van der Waals surface area contributed by atoms with Gasteiger partial charge >= 0.3 is 6.18 Å². The Labute approximate surface area is 240 Å². The number of carbonyl (C=O) groups excluding carboxylic acids is 1. The fourth-order valence-electron chi connectivity index (χ4n) is 4.76. The predicted molar refractivity (Wildman–Crippen MR) is 155 cm³/mol. The summed E-state index contributed by atoms with van der Waals surface area (Å²) in [5, 5.41) is -0.250. The van der Waals surface area contributed by atoms with Gasteiger partial charge in [-0.2, -0.15) is 13.2 Å². The molecule has 0 aliphatic heterocycles. The maximum Gasteiger partial charge on any atom is 0.417 e. The molecular weight excluding hydrogens is 537 g/mol. The van der Waals surface area contributed by atoms with Gasteiger partial charge in [-0.05, 0) is 61.1 Å². The zero-order chi connectivity index (χ0) is 29.1. The number of benzene rings is 3. The predicted octanol–water partition coefficient (Wildman–Crippen LogP) is 7.84. The first-order valence-electron chi connectivity index (χ1n) is 13.7. The summed E-state index contributed by atoms with van der Waals surface area (Å²) in [4.78, 5) is 16.4. The number of ether oxygens (including phenoxy) is 1. The van der Waals surface area contributed by atoms with E-state index >= 15 is 0 Å². The minimum atomic E-state index is -4.51. The molecule has 4 nitrogen and oxygen atoms in total. The van der Waals surface area contributed by atoms with Crippen LogP contribution in [0, 0.1) is 0 Å². The Morgan fingerprint density at radius 3 is 2.35 bits per heavy atom. The second-order valence-electron chi connectivity index (χ2n) is 9.92. The van der Waals surface area contributed by atoms with Crippen LogP contribution in [0.25, 0.3) is 0 Å². The number of carbonyl (C=O) groups is 1. The van der Waals surface area contributed by atoms with Gasteiger partial charge in [0.05, 0.1) is 23.6 Å². The van der Waals surface area contributed by atoms with E-state index in [9.17, 15) is 18.0 Å². The lowest BCUT2D eigenvalue weighted by molar-refractivity contribution is -0.137. The number of amides is 1. The summed E-state index contributed by atoms with van der Waals surface area (Å²) in [7, 11) is 0. The monoisotopic (exact) mass is 574 g/mol. The van der Waals surface area contributed by atoms with E-state index in [0.717, 1.165) is 17.2 Å². The third-order valence-electron chi connectivity index (χ3n) is 6.94. The van der Waals surface area contributed by atoms with Gasteiger partial charge in [0.2, 0.25) is 5.91 Å². The molecule has 0 aromatic heterocycles. The molecule has 3 aromatic carbocycles. The molecule has 1 atom stereocenters. The maximum absolute atomic E-state index is 13.4. The van der Waals surface area contributed by atoms with Gasteiger partial charge in [0.1, 0.15) is 5.75 Å². The lowest BCUT2D eigenvalue weighted by Gasteiger charge is -2.27. The Hall–Kier alpha value is -3.03. The van der Waals surface area contributed by atoms with Crippen LogP contribution in [0.4, 0.5) is 13.2 Å². The van der Waals surface area contributed by atoms with E-state index in [-0.39, 0.29) is 16.8 Å². The van der Waals surface area contributed by atoms with Crippen molar-refractivity contribution in [2.24, 2.45) is 0 Å². The molecule has 0 unspecified atom stereocenters. The Bertz CT molecular complexity index is 1220. The van der Waals surface area contributed by atoms with E-state index in [1.54, 1.807) is 11.0 Å². The molecule has 216 valence electrons. The average Bonchev–Trinajstić information content (AvgIpc) is 2.93. The molecule has 1 amide bonds. The number of hydrogen-bond acceptors (Lipinski definition) is 3. The van der Waals surface area contributed by atoms with E-state index in [1.165, 1.54) is 6.07 Å². The highest BCUT2D eigenvalue weighted by Crippen LogP contribution is 2.36. The van der Waals surface area contributed by atoms with Crippen LogP contribution in [-0.4, -0.2) is 48.5 Å². The summed E-state index contributed by atoms with van der Waals surface area (Å²) in [6.07, 6.45) is -3.52. The standard InChI is InChI=1S/C32H38ClF3N2O2/c1-4-38(5-2)30(39)21-25-12-9-16-28(20-25)40-19-11-18-37(22-24(3)26-13-7-6-8-14-26)23-27-15-10-17-29(31(27)33)32(34,35)36/h6-10,12-17,20,24H,4-5,11,18-19,21-23H2,1-3H3/t24-/m0/s1. The lowest BCUT2D eigenvalue weighted by atomic mass is 10.00. The number of hydrogen-bond donors (Lipinski definition) is 0. The molecule has 0 heterocycles. The molecule has 0 spiro atoms. The largest absolute Gasteiger partial charge is 0.494 e. The van der Waals surface area contributed by atoms with Crippen LogP contribution in [0.3, 0.4) is 0 Å². The number of likely N-dealkylation sites (N-methyl/N-ethyl adjacent to an activating group) is 1. The highest BCUT2D eigenvalue weighted by molar-refractivity contribution is 6.32. The molecule has 0 saturated carbocycles. The van der Waals surface area contributed by atoms with Crippen LogP contribution in [0.2, 0.25) is 5.02 Å². The Morgan fingerprint density at radius 1 is 0.975 bits per heavy atom. The summed E-state index contributed by atoms with van der Waals surface area (Å²) in [6.45, 7) is 9.38. The molecular formula is C32H38ClF3N2O2. The fraction of sp³-hybridized carbons (Fsp3) is 0.406. The van der Waals surface area contributed by atoms with Crippen LogP contribution in [0.15, 0.2) is 72.8 Å². The van der Waals surface area contributed by atoms with Gasteiger partial charge < -0.3 is 9.64 Å². The van der Waals surface area contributed by atoms with Gasteiger partial charge in [0.25, 0.3) is 0 Å². The molecule has 3 rings (SSSR count). The first-order chi connectivity index (χ1) is 19.1. The Kier molecular flexibility index (Phi) is 11.9. The van der Waals surface area contributed by atoms with E-state index < -0.39 is 11.7 Å². The molecule has 0 fully saturated rings. The Balaban J connectivity index is 1.65. The Morgan fingerprint density at radius 2 is 1.68 bits per heavy atom. The van der Waals surface area contributed by atoms with Crippen LogP contribution in [-0.2, 0) is 23.9 Å². The summed E-state index contributed by atoms with van der Waals surface area (Å²) in [5.41, 5.74) is 1.69. The molecule has 0 radical (unpaired) electrons. The third kappa shape index (κ3) is 9.27. The van der Waals surface area contributed by atoms with Crippen molar-refractivity contribution in [1.82, 2.24) is 9.80 Å². The van der Waals surface area contributed by atoms with Gasteiger partial charge in [-0.1, -0.05) is 73.1 Å². The number of nitrogens with zero attached hydrogens (tertiary/aromatic N) is 2. The molecule has 0 aliphatic carbocycles. The van der Waals surface area contributed by atoms with Crippen LogP contribution in [0.1, 0.15) is 55.4 Å². The number of rotatable bonds is 14. The van der Waals surface area contributed by atoms with Gasteiger partial charge in [-0.15, -0.1) is 0 Å². The summed E-state index contributed by atoms with van der Waals surface area (Å²) in [5.74, 6) is 0.945. The maximum atomic E-state index is 13.4. The van der Waals surface area contributed by atoms with Crippen LogP contribution < -0.4 is 4.74 Å². The minimum absolute atomic E-state index is 0.0820.